The van der Waals surface area contributed by atoms with E-state index in [1.54, 1.807) is 0 Å². The van der Waals surface area contributed by atoms with Crippen LogP contribution in [0.15, 0.2) is 30.6 Å². The predicted molar refractivity (Wildman–Crippen MR) is 64.9 cm³/mol. The van der Waals surface area contributed by atoms with Crippen molar-refractivity contribution in [2.45, 2.75) is 0 Å². The van der Waals surface area contributed by atoms with Gasteiger partial charge < -0.3 is 9.47 Å². The maximum Gasteiger partial charge on any atom is 0.358 e. The molecule has 98 valence electrons. The van der Waals surface area contributed by atoms with Gasteiger partial charge in [0.15, 0.2) is 5.69 Å². The largest absolute Gasteiger partial charge is 0.464 e. The van der Waals surface area contributed by atoms with E-state index >= 15 is 0 Å². The highest BCUT2D eigenvalue weighted by atomic mass is 35.5. The zero-order valence-corrected chi connectivity index (χ0v) is 10.5. The second-order valence-corrected chi connectivity index (χ2v) is 3.82. The fourth-order valence-electron chi connectivity index (χ4n) is 1.26. The first kappa shape index (κ1) is 13.2. The molecule has 1 aromatic heterocycles. The fourth-order valence-corrected chi connectivity index (χ4v) is 1.43. The third-order valence-corrected chi connectivity index (χ3v) is 2.41. The molecule has 2 rings (SSSR count). The van der Waals surface area contributed by atoms with Crippen LogP contribution in [0.5, 0.6) is 11.6 Å². The van der Waals surface area contributed by atoms with Gasteiger partial charge in [0.2, 0.25) is 5.88 Å². The molecule has 0 amide bonds. The van der Waals surface area contributed by atoms with Gasteiger partial charge in [-0.2, -0.15) is 0 Å². The first-order valence-corrected chi connectivity index (χ1v) is 5.51. The zero-order chi connectivity index (χ0) is 13.8. The molecular formula is C12H8ClFN2O3. The number of ether oxygens (including phenoxy) is 2. The molecule has 0 saturated carbocycles. The second-order valence-electron chi connectivity index (χ2n) is 3.41. The molecule has 0 N–H and O–H groups in total. The van der Waals surface area contributed by atoms with Gasteiger partial charge in [-0.15, -0.1) is 0 Å². The van der Waals surface area contributed by atoms with E-state index in [1.165, 1.54) is 31.6 Å². The molecule has 0 saturated heterocycles. The Bertz CT molecular complexity index is 622. The normalized spacial score (nSPS) is 10.1. The average Bonchev–Trinajstić information content (AvgIpc) is 2.42. The number of hydrogen-bond donors (Lipinski definition) is 0. The van der Waals surface area contributed by atoms with Crippen LogP contribution >= 0.6 is 11.6 Å². The van der Waals surface area contributed by atoms with E-state index in [0.29, 0.717) is 0 Å². The van der Waals surface area contributed by atoms with Crippen LogP contribution in [-0.4, -0.2) is 23.0 Å². The summed E-state index contributed by atoms with van der Waals surface area (Å²) in [6, 6.07) is 3.84. The van der Waals surface area contributed by atoms with Gasteiger partial charge in [0.05, 0.1) is 24.5 Å². The lowest BCUT2D eigenvalue weighted by Crippen LogP contribution is -2.05. The molecule has 7 heteroatoms. The number of nitrogens with zero attached hydrogens (tertiary/aromatic N) is 2. The Kier molecular flexibility index (Phi) is 3.91. The van der Waals surface area contributed by atoms with Crippen molar-refractivity contribution in [1.82, 2.24) is 9.97 Å². The fraction of sp³-hybridized carbons (Fsp3) is 0.0833. The molecule has 5 nitrogen and oxygen atoms in total. The summed E-state index contributed by atoms with van der Waals surface area (Å²) < 4.78 is 22.8. The Morgan fingerprint density at radius 3 is 2.84 bits per heavy atom. The van der Waals surface area contributed by atoms with Crippen molar-refractivity contribution < 1.29 is 18.7 Å². The van der Waals surface area contributed by atoms with E-state index in [9.17, 15) is 9.18 Å². The minimum atomic E-state index is -0.630. The summed E-state index contributed by atoms with van der Waals surface area (Å²) in [6.07, 6.45) is 2.56. The number of esters is 1. The highest BCUT2D eigenvalue weighted by Gasteiger charge is 2.10. The lowest BCUT2D eigenvalue weighted by atomic mass is 10.3. The summed E-state index contributed by atoms with van der Waals surface area (Å²) in [6.45, 7) is 0. The summed E-state index contributed by atoms with van der Waals surface area (Å²) in [7, 11) is 1.23. The van der Waals surface area contributed by atoms with E-state index in [-0.39, 0.29) is 22.3 Å². The smallest absolute Gasteiger partial charge is 0.358 e. The van der Waals surface area contributed by atoms with Crippen LogP contribution in [0.2, 0.25) is 5.02 Å². The zero-order valence-electron chi connectivity index (χ0n) is 9.76. The van der Waals surface area contributed by atoms with Crippen LogP contribution in [-0.2, 0) is 4.74 Å². The minimum Gasteiger partial charge on any atom is -0.464 e. The monoisotopic (exact) mass is 282 g/mol. The van der Waals surface area contributed by atoms with Crippen molar-refractivity contribution in [2.75, 3.05) is 7.11 Å². The summed E-state index contributed by atoms with van der Waals surface area (Å²) >= 11 is 5.62. The van der Waals surface area contributed by atoms with Crippen LogP contribution < -0.4 is 4.74 Å². The Labute approximate surface area is 113 Å². The highest BCUT2D eigenvalue weighted by molar-refractivity contribution is 6.30. The average molecular weight is 283 g/mol. The maximum atomic E-state index is 13.0. The molecule has 0 unspecified atom stereocenters. The van der Waals surface area contributed by atoms with Gasteiger partial charge >= 0.3 is 5.97 Å². The summed E-state index contributed by atoms with van der Waals surface area (Å²) in [5, 5.41) is -0.0745. The highest BCUT2D eigenvalue weighted by Crippen LogP contribution is 2.24. The number of rotatable bonds is 3. The Morgan fingerprint density at radius 1 is 1.37 bits per heavy atom. The van der Waals surface area contributed by atoms with E-state index in [0.717, 1.165) is 6.07 Å². The van der Waals surface area contributed by atoms with Crippen molar-refractivity contribution in [2.24, 2.45) is 0 Å². The molecule has 0 aliphatic heterocycles. The van der Waals surface area contributed by atoms with Crippen molar-refractivity contribution in [3.8, 4) is 11.6 Å². The van der Waals surface area contributed by atoms with Gasteiger partial charge in [-0.3, -0.25) is 4.98 Å². The van der Waals surface area contributed by atoms with E-state index in [1.807, 2.05) is 0 Å². The van der Waals surface area contributed by atoms with Crippen LogP contribution in [0, 0.1) is 5.82 Å². The van der Waals surface area contributed by atoms with E-state index in [2.05, 4.69) is 14.7 Å². The van der Waals surface area contributed by atoms with Crippen molar-refractivity contribution in [1.29, 1.82) is 0 Å². The van der Waals surface area contributed by atoms with Gasteiger partial charge in [0, 0.05) is 6.07 Å². The third kappa shape index (κ3) is 3.17. The standard InChI is InChI=1S/C12H8ClFN2O3/c1-18-12(17)10-5-15-6-11(16-10)19-7-2-3-9(14)8(13)4-7/h2-6H,1H3. The molecule has 19 heavy (non-hydrogen) atoms. The number of carbonyl (C=O) groups is 1. The van der Waals surface area contributed by atoms with Crippen molar-refractivity contribution in [3.63, 3.8) is 0 Å². The molecule has 0 radical (unpaired) electrons. The van der Waals surface area contributed by atoms with Gasteiger partial charge in [-0.05, 0) is 12.1 Å². The topological polar surface area (TPSA) is 61.3 Å². The predicted octanol–water partition coefficient (Wildman–Crippen LogP) is 2.85. The molecule has 1 aromatic carbocycles. The molecule has 1 heterocycles. The number of benzene rings is 1. The van der Waals surface area contributed by atoms with Gasteiger partial charge in [0.25, 0.3) is 0 Å². The molecule has 0 bridgehead atoms. The van der Waals surface area contributed by atoms with Gasteiger partial charge in [-0.1, -0.05) is 11.6 Å². The number of hydrogen-bond acceptors (Lipinski definition) is 5. The summed E-state index contributed by atoms with van der Waals surface area (Å²) in [5.74, 6) is -0.827. The Balaban J connectivity index is 2.23. The van der Waals surface area contributed by atoms with Gasteiger partial charge in [0.1, 0.15) is 11.6 Å². The quantitative estimate of drug-likeness (QED) is 0.810. The van der Waals surface area contributed by atoms with Crippen LogP contribution in [0.3, 0.4) is 0 Å². The SMILES string of the molecule is COC(=O)c1cncc(Oc2ccc(F)c(Cl)c2)n1. The van der Waals surface area contributed by atoms with Crippen molar-refractivity contribution in [3.05, 3.63) is 47.1 Å². The van der Waals surface area contributed by atoms with Crippen LogP contribution in [0.1, 0.15) is 10.5 Å². The first-order chi connectivity index (χ1) is 9.10. The number of methoxy groups -OCH3 is 1. The molecule has 0 spiro atoms. The van der Waals surface area contributed by atoms with Crippen LogP contribution in [0.25, 0.3) is 0 Å². The lowest BCUT2D eigenvalue weighted by molar-refractivity contribution is 0.0592. The Hall–Kier alpha value is -2.21. The van der Waals surface area contributed by atoms with E-state index < -0.39 is 11.8 Å². The number of carbonyl (C=O) groups excluding carboxylic acids is 1. The minimum absolute atomic E-state index is 0.00760. The molecular weight excluding hydrogens is 275 g/mol. The second kappa shape index (κ2) is 5.62. The lowest BCUT2D eigenvalue weighted by Gasteiger charge is -2.05. The molecule has 2 aromatic rings. The molecule has 0 aliphatic carbocycles. The van der Waals surface area contributed by atoms with Crippen molar-refractivity contribution >= 4 is 17.6 Å². The number of halogens is 2. The Morgan fingerprint density at radius 2 is 2.16 bits per heavy atom. The molecule has 0 fully saturated rings. The number of aromatic nitrogens is 2. The summed E-state index contributed by atoms with van der Waals surface area (Å²) in [5.41, 5.74) is 0.00760. The maximum absolute atomic E-state index is 13.0. The molecule has 0 aliphatic rings. The first-order valence-electron chi connectivity index (χ1n) is 5.13. The third-order valence-electron chi connectivity index (χ3n) is 2.12. The van der Waals surface area contributed by atoms with E-state index in [4.69, 9.17) is 16.3 Å². The van der Waals surface area contributed by atoms with Gasteiger partial charge in [-0.25, -0.2) is 14.2 Å². The summed E-state index contributed by atoms with van der Waals surface area (Å²) in [4.78, 5) is 19.0. The van der Waals surface area contributed by atoms with Crippen LogP contribution in [0.4, 0.5) is 4.39 Å². The molecule has 0 atom stereocenters.